The summed E-state index contributed by atoms with van der Waals surface area (Å²) in [6.45, 7) is 1.86. The molecule has 0 fully saturated rings. The molecular weight excluding hydrogens is 288 g/mol. The van der Waals surface area contributed by atoms with E-state index in [0.717, 1.165) is 30.4 Å². The van der Waals surface area contributed by atoms with Gasteiger partial charge in [0.05, 0.1) is 0 Å². The number of nitrogens with zero attached hydrogens (tertiary/aromatic N) is 1. The van der Waals surface area contributed by atoms with Gasteiger partial charge in [-0.1, -0.05) is 22.4 Å². The molecule has 0 saturated carbocycles. The molecule has 18 heavy (non-hydrogen) atoms. The van der Waals surface area contributed by atoms with Crippen molar-refractivity contribution in [3.8, 4) is 0 Å². The van der Waals surface area contributed by atoms with E-state index in [4.69, 9.17) is 0 Å². The predicted octanol–water partition coefficient (Wildman–Crippen LogP) is 2.91. The van der Waals surface area contributed by atoms with Gasteiger partial charge in [-0.05, 0) is 57.7 Å². The van der Waals surface area contributed by atoms with Crippen molar-refractivity contribution in [2.24, 2.45) is 0 Å². The largest absolute Gasteiger partial charge is 0.352 e. The van der Waals surface area contributed by atoms with E-state index in [1.807, 2.05) is 24.3 Å². The second-order valence-electron chi connectivity index (χ2n) is 4.63. The van der Waals surface area contributed by atoms with Gasteiger partial charge in [-0.2, -0.15) is 0 Å². The van der Waals surface area contributed by atoms with Gasteiger partial charge in [0.2, 0.25) is 0 Å². The third kappa shape index (κ3) is 6.17. The van der Waals surface area contributed by atoms with Crippen molar-refractivity contribution < 1.29 is 4.79 Å². The molecule has 0 atom stereocenters. The summed E-state index contributed by atoms with van der Waals surface area (Å²) in [7, 11) is 4.16. The van der Waals surface area contributed by atoms with E-state index in [9.17, 15) is 4.79 Å². The number of benzene rings is 1. The maximum Gasteiger partial charge on any atom is 0.251 e. The average Bonchev–Trinajstić information content (AvgIpc) is 2.34. The molecule has 0 aliphatic carbocycles. The zero-order valence-electron chi connectivity index (χ0n) is 11.1. The zero-order valence-corrected chi connectivity index (χ0v) is 12.7. The highest BCUT2D eigenvalue weighted by Gasteiger charge is 2.03. The first-order valence-electron chi connectivity index (χ1n) is 6.28. The Bertz CT molecular complexity index is 363. The number of unbranched alkanes of at least 4 members (excludes halogenated alkanes) is 2. The van der Waals surface area contributed by atoms with Crippen molar-refractivity contribution in [1.82, 2.24) is 10.2 Å². The lowest BCUT2D eigenvalue weighted by Crippen LogP contribution is -2.24. The summed E-state index contributed by atoms with van der Waals surface area (Å²) in [5.41, 5.74) is 0.714. The lowest BCUT2D eigenvalue weighted by atomic mass is 10.2. The van der Waals surface area contributed by atoms with Crippen molar-refractivity contribution in [1.29, 1.82) is 0 Å². The first-order valence-corrected chi connectivity index (χ1v) is 7.07. The summed E-state index contributed by atoms with van der Waals surface area (Å²) >= 11 is 3.35. The van der Waals surface area contributed by atoms with E-state index in [0.29, 0.717) is 5.56 Å². The van der Waals surface area contributed by atoms with E-state index >= 15 is 0 Å². The quantitative estimate of drug-likeness (QED) is 0.786. The van der Waals surface area contributed by atoms with E-state index in [1.54, 1.807) is 0 Å². The Morgan fingerprint density at radius 3 is 2.44 bits per heavy atom. The molecule has 0 aromatic heterocycles. The van der Waals surface area contributed by atoms with Crippen LogP contribution in [0.2, 0.25) is 0 Å². The molecule has 0 heterocycles. The zero-order chi connectivity index (χ0) is 13.4. The fraction of sp³-hybridized carbons (Fsp3) is 0.500. The molecule has 4 heteroatoms. The van der Waals surface area contributed by atoms with Crippen molar-refractivity contribution >= 4 is 21.8 Å². The van der Waals surface area contributed by atoms with Gasteiger partial charge < -0.3 is 10.2 Å². The third-order valence-corrected chi connectivity index (χ3v) is 3.20. The molecule has 0 aliphatic rings. The van der Waals surface area contributed by atoms with Crippen molar-refractivity contribution in [2.45, 2.75) is 19.3 Å². The Hall–Kier alpha value is -0.870. The number of carbonyl (C=O) groups excluding carboxylic acids is 1. The molecule has 1 amide bonds. The highest BCUT2D eigenvalue weighted by Crippen LogP contribution is 2.10. The maximum atomic E-state index is 11.8. The molecule has 1 aromatic rings. The van der Waals surface area contributed by atoms with Crippen LogP contribution in [0.15, 0.2) is 28.7 Å². The number of hydrogen-bond acceptors (Lipinski definition) is 2. The Morgan fingerprint density at radius 1 is 1.17 bits per heavy atom. The first kappa shape index (κ1) is 15.2. The molecule has 0 aliphatic heterocycles. The molecular formula is C14H21BrN2O. The van der Waals surface area contributed by atoms with Gasteiger partial charge in [0, 0.05) is 16.6 Å². The second kappa shape index (κ2) is 8.27. The number of hydrogen-bond donors (Lipinski definition) is 1. The Labute approximate surface area is 118 Å². The number of amides is 1. The lowest BCUT2D eigenvalue weighted by molar-refractivity contribution is 0.0953. The number of halogens is 1. The van der Waals surface area contributed by atoms with Crippen LogP contribution < -0.4 is 5.32 Å². The van der Waals surface area contributed by atoms with Crippen LogP contribution >= 0.6 is 15.9 Å². The van der Waals surface area contributed by atoms with Gasteiger partial charge in [0.25, 0.3) is 5.91 Å². The van der Waals surface area contributed by atoms with E-state index in [2.05, 4.69) is 40.2 Å². The van der Waals surface area contributed by atoms with Crippen LogP contribution in [0.4, 0.5) is 0 Å². The molecule has 0 radical (unpaired) electrons. The molecule has 0 bridgehead atoms. The van der Waals surface area contributed by atoms with Crippen LogP contribution in [0, 0.1) is 0 Å². The van der Waals surface area contributed by atoms with Crippen LogP contribution in [0.1, 0.15) is 29.6 Å². The lowest BCUT2D eigenvalue weighted by Gasteiger charge is -2.09. The minimum Gasteiger partial charge on any atom is -0.352 e. The third-order valence-electron chi connectivity index (χ3n) is 2.67. The van der Waals surface area contributed by atoms with E-state index in [-0.39, 0.29) is 5.91 Å². The van der Waals surface area contributed by atoms with Crippen LogP contribution in [-0.2, 0) is 0 Å². The fourth-order valence-corrected chi connectivity index (χ4v) is 1.90. The average molecular weight is 309 g/mol. The number of rotatable bonds is 7. The van der Waals surface area contributed by atoms with Gasteiger partial charge in [-0.15, -0.1) is 0 Å². The molecule has 1 aromatic carbocycles. The van der Waals surface area contributed by atoms with Crippen LogP contribution in [0.3, 0.4) is 0 Å². The first-order chi connectivity index (χ1) is 8.59. The van der Waals surface area contributed by atoms with Crippen LogP contribution in [0.25, 0.3) is 0 Å². The van der Waals surface area contributed by atoms with Gasteiger partial charge in [0.15, 0.2) is 0 Å². The highest BCUT2D eigenvalue weighted by molar-refractivity contribution is 9.10. The standard InChI is InChI=1S/C14H21BrN2O/c1-17(2)11-5-3-4-10-16-14(18)12-6-8-13(15)9-7-12/h6-9H,3-5,10-11H2,1-2H3,(H,16,18)/i15-4. The smallest absolute Gasteiger partial charge is 0.251 e. The fourth-order valence-electron chi connectivity index (χ4n) is 1.64. The Balaban J connectivity index is 2.16. The maximum absolute atomic E-state index is 11.8. The Kier molecular flexibility index (Phi) is 6.98. The topological polar surface area (TPSA) is 32.3 Å². The molecule has 3 nitrogen and oxygen atoms in total. The molecule has 1 N–H and O–H groups in total. The van der Waals surface area contributed by atoms with Crippen LogP contribution in [0.5, 0.6) is 0 Å². The van der Waals surface area contributed by atoms with Crippen molar-refractivity contribution in [3.05, 3.63) is 34.3 Å². The summed E-state index contributed by atoms with van der Waals surface area (Å²) in [6.07, 6.45) is 3.37. The number of carbonyl (C=O) groups is 1. The predicted molar refractivity (Wildman–Crippen MR) is 78.9 cm³/mol. The molecule has 0 saturated heterocycles. The molecule has 1 rings (SSSR count). The van der Waals surface area contributed by atoms with Crippen molar-refractivity contribution in [3.63, 3.8) is 0 Å². The SMILES string of the molecule is CN(C)CCCCCNC(=O)c1ccc([76Br])cc1. The minimum atomic E-state index is 0.00936. The Morgan fingerprint density at radius 2 is 1.83 bits per heavy atom. The summed E-state index contributed by atoms with van der Waals surface area (Å²) in [5.74, 6) is 0.00936. The van der Waals surface area contributed by atoms with E-state index < -0.39 is 0 Å². The van der Waals surface area contributed by atoms with Gasteiger partial charge >= 0.3 is 0 Å². The monoisotopic (exact) mass is 309 g/mol. The minimum absolute atomic E-state index is 0.00936. The molecule has 0 unspecified atom stereocenters. The van der Waals surface area contributed by atoms with E-state index in [1.165, 1.54) is 6.42 Å². The highest BCUT2D eigenvalue weighted by atomic mass is 75.9. The summed E-state index contributed by atoms with van der Waals surface area (Å²) in [5, 5.41) is 2.94. The summed E-state index contributed by atoms with van der Waals surface area (Å²) < 4.78 is 0.989. The molecule has 100 valence electrons. The van der Waals surface area contributed by atoms with Crippen molar-refractivity contribution in [2.75, 3.05) is 27.2 Å². The number of nitrogens with one attached hydrogen (secondary N) is 1. The van der Waals surface area contributed by atoms with Gasteiger partial charge in [-0.3, -0.25) is 4.79 Å². The van der Waals surface area contributed by atoms with Gasteiger partial charge in [0.1, 0.15) is 0 Å². The second-order valence-corrected chi connectivity index (χ2v) is 5.54. The molecule has 0 spiro atoms. The van der Waals surface area contributed by atoms with Gasteiger partial charge in [-0.25, -0.2) is 0 Å². The summed E-state index contributed by atoms with van der Waals surface area (Å²) in [4.78, 5) is 13.9. The normalized spacial score (nSPS) is 10.7. The van der Waals surface area contributed by atoms with Crippen LogP contribution in [-0.4, -0.2) is 38.0 Å². The summed E-state index contributed by atoms with van der Waals surface area (Å²) in [6, 6.07) is 7.41.